The fourth-order valence-corrected chi connectivity index (χ4v) is 5.37. The molecule has 2 unspecified atom stereocenters. The predicted molar refractivity (Wildman–Crippen MR) is 142 cm³/mol. The van der Waals surface area contributed by atoms with Crippen LogP contribution < -0.4 is 10.2 Å². The second kappa shape index (κ2) is 10.8. The van der Waals surface area contributed by atoms with E-state index in [0.717, 1.165) is 6.42 Å². The van der Waals surface area contributed by atoms with Crippen molar-refractivity contribution in [3.63, 3.8) is 0 Å². The van der Waals surface area contributed by atoms with Gasteiger partial charge in [0.15, 0.2) is 5.82 Å². The third-order valence-corrected chi connectivity index (χ3v) is 7.26. The topological polar surface area (TPSA) is 80.2 Å². The smallest absolute Gasteiger partial charge is 0.255 e. The number of rotatable bonds is 6. The van der Waals surface area contributed by atoms with E-state index < -0.39 is 0 Å². The molecule has 1 saturated heterocycles. The number of fused-ring (bicyclic) bond motifs is 1. The van der Waals surface area contributed by atoms with Crippen LogP contribution in [0.3, 0.4) is 0 Å². The van der Waals surface area contributed by atoms with Crippen LogP contribution in [0.15, 0.2) is 72.1 Å². The number of ether oxygens (including phenoxy) is 1. The zero-order chi connectivity index (χ0) is 25.1. The molecule has 2 aliphatic carbocycles. The van der Waals surface area contributed by atoms with E-state index in [1.165, 1.54) is 11.1 Å². The number of halogens is 1. The summed E-state index contributed by atoms with van der Waals surface area (Å²) in [7, 11) is 0. The van der Waals surface area contributed by atoms with Crippen LogP contribution in [0, 0.1) is 11.8 Å². The molecule has 0 aromatic carbocycles. The third kappa shape index (κ3) is 4.99. The molecule has 8 heteroatoms. The van der Waals surface area contributed by atoms with Crippen LogP contribution in [-0.4, -0.2) is 53.4 Å². The lowest BCUT2D eigenvalue weighted by Gasteiger charge is -2.35. The van der Waals surface area contributed by atoms with Crippen molar-refractivity contribution in [1.82, 2.24) is 20.5 Å². The zero-order valence-electron chi connectivity index (χ0n) is 20.5. The van der Waals surface area contributed by atoms with Crippen LogP contribution in [0.25, 0.3) is 11.3 Å². The molecule has 1 amide bonds. The van der Waals surface area contributed by atoms with Crippen LogP contribution in [0.1, 0.15) is 30.6 Å². The van der Waals surface area contributed by atoms with Crippen LogP contribution >= 0.6 is 11.6 Å². The number of anilines is 1. The number of morpholine rings is 1. The second-order valence-corrected chi connectivity index (χ2v) is 9.71. The van der Waals surface area contributed by atoms with Crippen LogP contribution in [-0.2, 0) is 4.74 Å². The molecule has 1 fully saturated rings. The quantitative estimate of drug-likeness (QED) is 0.611. The number of amides is 1. The number of hydrogen-bond acceptors (Lipinski definition) is 6. The van der Waals surface area contributed by atoms with Gasteiger partial charge >= 0.3 is 0 Å². The highest BCUT2D eigenvalue weighted by molar-refractivity contribution is 6.30. The van der Waals surface area contributed by atoms with Crippen LogP contribution in [0.5, 0.6) is 0 Å². The Hall–Kier alpha value is -3.29. The highest BCUT2D eigenvalue weighted by atomic mass is 35.5. The lowest BCUT2D eigenvalue weighted by molar-refractivity contribution is 0.0941. The monoisotopic (exact) mass is 503 g/mol. The number of hydrogen-bond donors (Lipinski definition) is 1. The van der Waals surface area contributed by atoms with Gasteiger partial charge in [0.05, 0.1) is 29.5 Å². The molecule has 186 valence electrons. The Morgan fingerprint density at radius 1 is 1.19 bits per heavy atom. The maximum Gasteiger partial charge on any atom is 0.255 e. The summed E-state index contributed by atoms with van der Waals surface area (Å²) in [4.78, 5) is 20.0. The van der Waals surface area contributed by atoms with E-state index in [1.54, 1.807) is 24.5 Å². The Kier molecular flexibility index (Phi) is 7.30. The van der Waals surface area contributed by atoms with E-state index in [9.17, 15) is 4.79 Å². The highest BCUT2D eigenvalue weighted by Crippen LogP contribution is 2.38. The fraction of sp³-hybridized carbons (Fsp3) is 0.357. The Balaban J connectivity index is 1.45. The molecular weight excluding hydrogens is 474 g/mol. The number of pyridine rings is 1. The molecule has 1 aliphatic heterocycles. The highest BCUT2D eigenvalue weighted by Gasteiger charge is 2.31. The Bertz CT molecular complexity index is 1260. The van der Waals surface area contributed by atoms with Gasteiger partial charge in [0, 0.05) is 43.0 Å². The standard InChI is InChI=1S/C28H30ClN5O2/c1-3-22-23(9-8-19-6-4-5-7-24(19)22)18(2)31-28(35)25-15-26(20-14-21(29)17-30-16-20)32-33-27(25)34-10-12-36-13-11-34/h4-9,14-18,22,24H,3,10-13H2,1-2H3,(H,31,35)/t18-,22?,24?/m1/s1. The summed E-state index contributed by atoms with van der Waals surface area (Å²) in [5.74, 6) is 1.06. The normalized spacial score (nSPS) is 21.9. The Morgan fingerprint density at radius 2 is 2.03 bits per heavy atom. The van der Waals surface area contributed by atoms with E-state index in [0.29, 0.717) is 65.8 Å². The molecule has 2 aromatic heterocycles. The van der Waals surface area contributed by atoms with Crippen molar-refractivity contribution in [2.75, 3.05) is 31.2 Å². The minimum atomic E-state index is -0.181. The lowest BCUT2D eigenvalue weighted by Crippen LogP contribution is -2.41. The average molecular weight is 504 g/mol. The fourth-order valence-electron chi connectivity index (χ4n) is 5.20. The molecule has 5 rings (SSSR count). The molecule has 3 atom stereocenters. The largest absolute Gasteiger partial charge is 0.378 e. The first kappa shape index (κ1) is 24.4. The maximum absolute atomic E-state index is 13.7. The number of aromatic nitrogens is 3. The van der Waals surface area contributed by atoms with Gasteiger partial charge in [-0.2, -0.15) is 0 Å². The summed E-state index contributed by atoms with van der Waals surface area (Å²) in [6.45, 7) is 6.74. The van der Waals surface area contributed by atoms with Gasteiger partial charge in [-0.3, -0.25) is 9.78 Å². The summed E-state index contributed by atoms with van der Waals surface area (Å²) in [6.07, 6.45) is 17.2. The maximum atomic E-state index is 13.7. The summed E-state index contributed by atoms with van der Waals surface area (Å²) < 4.78 is 5.50. The van der Waals surface area contributed by atoms with Gasteiger partial charge in [-0.05, 0) is 42.5 Å². The molecule has 2 aromatic rings. The van der Waals surface area contributed by atoms with E-state index in [2.05, 4.69) is 75.7 Å². The number of carbonyl (C=O) groups excluding carboxylic acids is 1. The van der Waals surface area contributed by atoms with Gasteiger partial charge in [-0.1, -0.05) is 55.0 Å². The molecule has 36 heavy (non-hydrogen) atoms. The van der Waals surface area contributed by atoms with Gasteiger partial charge in [-0.15, -0.1) is 10.2 Å². The first-order valence-electron chi connectivity index (χ1n) is 12.4. The molecule has 7 nitrogen and oxygen atoms in total. The molecule has 0 bridgehead atoms. The van der Waals surface area contributed by atoms with Crippen molar-refractivity contribution in [1.29, 1.82) is 0 Å². The lowest BCUT2D eigenvalue weighted by atomic mass is 9.72. The third-order valence-electron chi connectivity index (χ3n) is 7.05. The summed E-state index contributed by atoms with van der Waals surface area (Å²) in [5.41, 5.74) is 4.29. The van der Waals surface area contributed by atoms with Crippen molar-refractivity contribution in [2.24, 2.45) is 11.8 Å². The molecular formula is C28H30ClN5O2. The van der Waals surface area contributed by atoms with Gasteiger partial charge in [-0.25, -0.2) is 0 Å². The molecule has 0 saturated carbocycles. The van der Waals surface area contributed by atoms with Crippen LogP contribution in [0.2, 0.25) is 5.02 Å². The number of allylic oxidation sites excluding steroid dienone is 7. The Morgan fingerprint density at radius 3 is 2.81 bits per heavy atom. The first-order valence-corrected chi connectivity index (χ1v) is 12.8. The second-order valence-electron chi connectivity index (χ2n) is 9.27. The van der Waals surface area contributed by atoms with Crippen molar-refractivity contribution >= 4 is 23.3 Å². The average Bonchev–Trinajstić information content (AvgIpc) is 2.92. The van der Waals surface area contributed by atoms with Gasteiger partial charge in [0.25, 0.3) is 5.91 Å². The minimum absolute atomic E-state index is 0.137. The summed E-state index contributed by atoms with van der Waals surface area (Å²) in [6, 6.07) is 3.42. The van der Waals surface area contributed by atoms with E-state index in [1.807, 2.05) is 0 Å². The van der Waals surface area contributed by atoms with Crippen molar-refractivity contribution < 1.29 is 9.53 Å². The first-order chi connectivity index (χ1) is 17.5. The predicted octanol–water partition coefficient (Wildman–Crippen LogP) is 4.78. The SMILES string of the molecule is CCC1C([C@@H](C)NC(=O)c2cc(-c3cncc(Cl)c3)nnc2N2CCOCC2)=CC=C2C=CC=CC21. The van der Waals surface area contributed by atoms with Crippen molar-refractivity contribution in [3.8, 4) is 11.3 Å². The summed E-state index contributed by atoms with van der Waals surface area (Å²) >= 11 is 6.15. The van der Waals surface area contributed by atoms with Gasteiger partial charge < -0.3 is 15.0 Å². The van der Waals surface area contributed by atoms with E-state index in [-0.39, 0.29) is 11.9 Å². The van der Waals surface area contributed by atoms with Crippen LogP contribution in [0.4, 0.5) is 5.82 Å². The van der Waals surface area contributed by atoms with E-state index >= 15 is 0 Å². The number of carbonyl (C=O) groups is 1. The van der Waals surface area contributed by atoms with Crippen molar-refractivity contribution in [3.05, 3.63) is 82.7 Å². The molecule has 3 aliphatic rings. The molecule has 0 radical (unpaired) electrons. The molecule has 1 N–H and O–H groups in total. The zero-order valence-corrected chi connectivity index (χ0v) is 21.3. The van der Waals surface area contributed by atoms with Crippen molar-refractivity contribution in [2.45, 2.75) is 26.3 Å². The molecule has 3 heterocycles. The van der Waals surface area contributed by atoms with E-state index in [4.69, 9.17) is 16.3 Å². The number of nitrogens with one attached hydrogen (secondary N) is 1. The van der Waals surface area contributed by atoms with Gasteiger partial charge in [0.1, 0.15) is 0 Å². The molecule has 0 spiro atoms. The Labute approximate surface area is 216 Å². The summed E-state index contributed by atoms with van der Waals surface area (Å²) in [5, 5.41) is 12.6. The minimum Gasteiger partial charge on any atom is -0.378 e. The van der Waals surface area contributed by atoms with Gasteiger partial charge in [0.2, 0.25) is 0 Å². The number of nitrogens with zero attached hydrogens (tertiary/aromatic N) is 4.